The van der Waals surface area contributed by atoms with E-state index in [0.29, 0.717) is 5.82 Å². The highest BCUT2D eigenvalue weighted by molar-refractivity contribution is 6.28. The predicted octanol–water partition coefficient (Wildman–Crippen LogP) is 16.6. The van der Waals surface area contributed by atoms with Gasteiger partial charge in [-0.2, -0.15) is 0 Å². The van der Waals surface area contributed by atoms with E-state index in [1.807, 2.05) is 6.07 Å². The number of fused-ring (bicyclic) bond motifs is 14. The van der Waals surface area contributed by atoms with Crippen molar-refractivity contribution in [3.05, 3.63) is 265 Å². The summed E-state index contributed by atoms with van der Waals surface area (Å²) in [4.78, 5) is 10.7. The topological polar surface area (TPSA) is 25.8 Å². The Morgan fingerprint density at radius 3 is 1.37 bits per heavy atom. The van der Waals surface area contributed by atoms with Crippen molar-refractivity contribution in [1.29, 1.82) is 0 Å². The van der Waals surface area contributed by atoms with Crippen LogP contribution in [0.25, 0.3) is 111 Å². The highest BCUT2D eigenvalue weighted by Crippen LogP contribution is 2.63. The molecule has 67 heavy (non-hydrogen) atoms. The summed E-state index contributed by atoms with van der Waals surface area (Å²) in [6.07, 6.45) is 0. The summed E-state index contributed by atoms with van der Waals surface area (Å²) in [5.74, 6) is 0.701. The maximum absolute atomic E-state index is 5.36. The Hall–Kier alpha value is -8.72. The Labute approximate surface area is 389 Å². The van der Waals surface area contributed by atoms with Gasteiger partial charge in [-0.25, -0.2) is 9.97 Å². The van der Waals surface area contributed by atoms with Crippen molar-refractivity contribution in [2.45, 2.75) is 5.41 Å². The van der Waals surface area contributed by atoms with E-state index in [0.717, 1.165) is 33.6 Å². The van der Waals surface area contributed by atoms with Crippen LogP contribution in [0.3, 0.4) is 0 Å². The SMILES string of the molecule is c1ccc(-c2nc(-c3ccc(-c4c5ccccc5c(-c5ccccc5)c5c4ccc4ccccc45)cc3)cc(-c3ccc4c(c3)C3(c5ccccc5-c5ccccc53)c3ccccc3-4)n2)cc1. The summed E-state index contributed by atoms with van der Waals surface area (Å²) >= 11 is 0. The zero-order valence-electron chi connectivity index (χ0n) is 36.5. The number of aromatic nitrogens is 2. The molecular formula is C65H40N2. The van der Waals surface area contributed by atoms with E-state index in [1.165, 1.54) is 93.5 Å². The van der Waals surface area contributed by atoms with Crippen LogP contribution >= 0.6 is 0 Å². The minimum absolute atomic E-state index is 0.441. The van der Waals surface area contributed by atoms with Gasteiger partial charge in [-0.1, -0.05) is 231 Å². The van der Waals surface area contributed by atoms with E-state index in [-0.39, 0.29) is 0 Å². The second-order valence-electron chi connectivity index (χ2n) is 17.9. The van der Waals surface area contributed by atoms with Crippen LogP contribution in [0, 0.1) is 0 Å². The fraction of sp³-hybridized carbons (Fsp3) is 0.0154. The quantitative estimate of drug-likeness (QED) is 0.127. The van der Waals surface area contributed by atoms with Crippen molar-refractivity contribution in [3.8, 4) is 78.4 Å². The molecule has 2 aliphatic carbocycles. The molecule has 2 aliphatic rings. The lowest BCUT2D eigenvalue weighted by Gasteiger charge is -2.30. The number of nitrogens with zero attached hydrogens (tertiary/aromatic N) is 2. The van der Waals surface area contributed by atoms with E-state index in [9.17, 15) is 0 Å². The van der Waals surface area contributed by atoms with Gasteiger partial charge in [0.1, 0.15) is 0 Å². The third kappa shape index (κ3) is 5.51. The van der Waals surface area contributed by atoms with Crippen LogP contribution in [0.5, 0.6) is 0 Å². The van der Waals surface area contributed by atoms with Crippen molar-refractivity contribution in [1.82, 2.24) is 9.97 Å². The van der Waals surface area contributed by atoms with Crippen LogP contribution in [-0.2, 0) is 5.41 Å². The Morgan fingerprint density at radius 1 is 0.269 bits per heavy atom. The molecule has 0 amide bonds. The molecule has 310 valence electrons. The second-order valence-corrected chi connectivity index (χ2v) is 17.9. The Bertz CT molecular complexity index is 3900. The highest BCUT2D eigenvalue weighted by atomic mass is 14.9. The minimum atomic E-state index is -0.441. The van der Waals surface area contributed by atoms with Crippen LogP contribution in [0.15, 0.2) is 243 Å². The van der Waals surface area contributed by atoms with Crippen LogP contribution in [0.2, 0.25) is 0 Å². The average molecular weight is 849 g/mol. The summed E-state index contributed by atoms with van der Waals surface area (Å²) < 4.78 is 0. The molecular weight excluding hydrogens is 809 g/mol. The van der Waals surface area contributed by atoms with Gasteiger partial charge in [-0.3, -0.25) is 0 Å². The molecule has 0 bridgehead atoms. The van der Waals surface area contributed by atoms with Gasteiger partial charge >= 0.3 is 0 Å². The highest BCUT2D eigenvalue weighted by Gasteiger charge is 2.51. The zero-order valence-corrected chi connectivity index (χ0v) is 36.5. The third-order valence-electron chi connectivity index (χ3n) is 14.5. The molecule has 0 saturated heterocycles. The monoisotopic (exact) mass is 848 g/mol. The molecule has 11 aromatic carbocycles. The lowest BCUT2D eigenvalue weighted by molar-refractivity contribution is 0.794. The van der Waals surface area contributed by atoms with Crippen molar-refractivity contribution in [2.75, 3.05) is 0 Å². The summed E-state index contributed by atoms with van der Waals surface area (Å²) in [6, 6.07) is 88.7. The first-order valence-corrected chi connectivity index (χ1v) is 23.1. The van der Waals surface area contributed by atoms with Gasteiger partial charge in [-0.15, -0.1) is 0 Å². The van der Waals surface area contributed by atoms with Gasteiger partial charge in [0.25, 0.3) is 0 Å². The Morgan fingerprint density at radius 2 is 0.731 bits per heavy atom. The third-order valence-corrected chi connectivity index (χ3v) is 14.5. The molecule has 12 aromatic rings. The molecule has 2 nitrogen and oxygen atoms in total. The summed E-state index contributed by atoms with van der Waals surface area (Å²) in [5, 5.41) is 7.48. The molecule has 1 aromatic heterocycles. The molecule has 0 aliphatic heterocycles. The number of benzene rings is 11. The maximum Gasteiger partial charge on any atom is 0.160 e. The van der Waals surface area contributed by atoms with E-state index in [4.69, 9.17) is 9.97 Å². The molecule has 0 radical (unpaired) electrons. The van der Waals surface area contributed by atoms with Gasteiger partial charge in [0.15, 0.2) is 5.82 Å². The molecule has 0 N–H and O–H groups in total. The van der Waals surface area contributed by atoms with Gasteiger partial charge < -0.3 is 0 Å². The van der Waals surface area contributed by atoms with Crippen LogP contribution in [-0.4, -0.2) is 9.97 Å². The van der Waals surface area contributed by atoms with Crippen molar-refractivity contribution >= 4 is 32.3 Å². The van der Waals surface area contributed by atoms with Gasteiger partial charge in [0, 0.05) is 16.7 Å². The lowest BCUT2D eigenvalue weighted by Crippen LogP contribution is -2.25. The van der Waals surface area contributed by atoms with E-state index >= 15 is 0 Å². The second kappa shape index (κ2) is 14.7. The maximum atomic E-state index is 5.36. The van der Waals surface area contributed by atoms with Crippen LogP contribution in [0.1, 0.15) is 22.3 Å². The molecule has 0 atom stereocenters. The van der Waals surface area contributed by atoms with Crippen molar-refractivity contribution in [2.24, 2.45) is 0 Å². The molecule has 0 saturated carbocycles. The Balaban J connectivity index is 0.951. The van der Waals surface area contributed by atoms with Crippen LogP contribution < -0.4 is 0 Å². The lowest BCUT2D eigenvalue weighted by atomic mass is 9.70. The summed E-state index contributed by atoms with van der Waals surface area (Å²) in [7, 11) is 0. The number of rotatable bonds is 5. The van der Waals surface area contributed by atoms with Gasteiger partial charge in [-0.05, 0) is 111 Å². The molecule has 14 rings (SSSR count). The number of hydrogen-bond donors (Lipinski definition) is 0. The average Bonchev–Trinajstić information content (AvgIpc) is 3.87. The predicted molar refractivity (Wildman–Crippen MR) is 278 cm³/mol. The molecule has 0 fully saturated rings. The smallest absolute Gasteiger partial charge is 0.160 e. The fourth-order valence-electron chi connectivity index (χ4n) is 11.7. The normalized spacial score (nSPS) is 12.9. The van der Waals surface area contributed by atoms with E-state index in [1.54, 1.807) is 0 Å². The van der Waals surface area contributed by atoms with Gasteiger partial charge in [0.05, 0.1) is 16.8 Å². The first-order valence-electron chi connectivity index (χ1n) is 23.1. The van der Waals surface area contributed by atoms with Crippen molar-refractivity contribution in [3.63, 3.8) is 0 Å². The van der Waals surface area contributed by atoms with E-state index in [2.05, 4.69) is 237 Å². The molecule has 1 spiro atoms. The zero-order chi connectivity index (χ0) is 44.1. The number of hydrogen-bond acceptors (Lipinski definition) is 2. The first-order chi connectivity index (χ1) is 33.2. The molecule has 0 unspecified atom stereocenters. The molecule has 1 heterocycles. The van der Waals surface area contributed by atoms with Gasteiger partial charge in [0.2, 0.25) is 0 Å². The first kappa shape index (κ1) is 37.6. The standard InChI is InChI=1S/C65H40N2/c1-3-18-43(19-4-1)62-53-27-10-9-26-52(53)61(54-38-35-41-17-7-8-22-47(41)63(54)62)44-33-31-42(32-34-44)59-40-60(67-64(66-59)45-20-5-2-6-21-45)46-36-37-51-50-25-13-16-30-57(50)65(58(51)39-46)55-28-14-11-23-48(55)49-24-12-15-29-56(49)65/h1-40H. The molecule has 2 heteroatoms. The largest absolute Gasteiger partial charge is 0.228 e. The summed E-state index contributed by atoms with van der Waals surface area (Å²) in [6.45, 7) is 0. The Kier molecular flexibility index (Phi) is 8.23. The fourth-order valence-corrected chi connectivity index (χ4v) is 11.7. The van der Waals surface area contributed by atoms with Crippen LogP contribution in [0.4, 0.5) is 0 Å². The van der Waals surface area contributed by atoms with E-state index < -0.39 is 5.41 Å². The van der Waals surface area contributed by atoms with Crippen molar-refractivity contribution < 1.29 is 0 Å². The minimum Gasteiger partial charge on any atom is -0.228 e. The summed E-state index contributed by atoms with van der Waals surface area (Å²) in [5.41, 5.74) is 19.7.